The third-order valence-electron chi connectivity index (χ3n) is 1.65. The van der Waals surface area contributed by atoms with E-state index in [0.717, 1.165) is 11.3 Å². The Bertz CT molecular complexity index is 286. The number of thioether (sulfide) groups is 1. The summed E-state index contributed by atoms with van der Waals surface area (Å²) in [5.74, 6) is 0.524. The maximum atomic E-state index is 13.0. The molecule has 0 saturated carbocycles. The van der Waals surface area contributed by atoms with Gasteiger partial charge in [-0.1, -0.05) is 19.9 Å². The van der Waals surface area contributed by atoms with Crippen LogP contribution in [0.2, 0.25) is 0 Å². The topological polar surface area (TPSA) is 26.0 Å². The quantitative estimate of drug-likeness (QED) is 0.757. The minimum atomic E-state index is -0.318. The average Bonchev–Trinajstić information content (AvgIpc) is 2.07. The van der Waals surface area contributed by atoms with Crippen LogP contribution < -0.4 is 5.73 Å². The first-order chi connectivity index (χ1) is 6.09. The first kappa shape index (κ1) is 10.4. The minimum absolute atomic E-state index is 0.221. The molecule has 72 valence electrons. The second-order valence-corrected chi connectivity index (χ2v) is 4.78. The first-order valence-electron chi connectivity index (χ1n) is 4.25. The van der Waals surface area contributed by atoms with Crippen LogP contribution in [0.15, 0.2) is 18.2 Å². The fourth-order valence-electron chi connectivity index (χ4n) is 0.923. The van der Waals surface area contributed by atoms with Crippen LogP contribution in [0.4, 0.5) is 10.1 Å². The second kappa shape index (κ2) is 4.51. The maximum Gasteiger partial charge on any atom is 0.146 e. The Kier molecular flexibility index (Phi) is 3.60. The summed E-state index contributed by atoms with van der Waals surface area (Å²) < 4.78 is 13.0. The molecule has 0 aliphatic rings. The van der Waals surface area contributed by atoms with Gasteiger partial charge in [0.1, 0.15) is 5.82 Å². The van der Waals surface area contributed by atoms with Crippen LogP contribution in [-0.4, -0.2) is 5.25 Å². The molecular formula is C10H14FNS. The van der Waals surface area contributed by atoms with Crippen LogP contribution in [0.1, 0.15) is 19.4 Å². The summed E-state index contributed by atoms with van der Waals surface area (Å²) in [6, 6.07) is 4.99. The van der Waals surface area contributed by atoms with Gasteiger partial charge in [0, 0.05) is 5.75 Å². The standard InChI is InChI=1S/C10H14FNS/c1-7(2)13-6-8-3-4-10(12)9(11)5-8/h3-5,7H,6,12H2,1-2H3. The van der Waals surface area contributed by atoms with Crippen molar-refractivity contribution in [3.63, 3.8) is 0 Å². The van der Waals surface area contributed by atoms with E-state index >= 15 is 0 Å². The third kappa shape index (κ3) is 3.27. The van der Waals surface area contributed by atoms with Gasteiger partial charge in [-0.3, -0.25) is 0 Å². The number of hydrogen-bond acceptors (Lipinski definition) is 2. The number of nitrogen functional groups attached to an aromatic ring is 1. The Labute approximate surface area is 82.5 Å². The summed E-state index contributed by atoms with van der Waals surface area (Å²) in [6.45, 7) is 4.25. The van der Waals surface area contributed by atoms with Crippen molar-refractivity contribution in [2.24, 2.45) is 0 Å². The highest BCUT2D eigenvalue weighted by molar-refractivity contribution is 7.99. The number of anilines is 1. The van der Waals surface area contributed by atoms with Crippen molar-refractivity contribution in [1.29, 1.82) is 0 Å². The smallest absolute Gasteiger partial charge is 0.146 e. The Morgan fingerprint density at radius 1 is 1.46 bits per heavy atom. The van der Waals surface area contributed by atoms with E-state index < -0.39 is 0 Å². The summed E-state index contributed by atoms with van der Waals surface area (Å²) >= 11 is 1.79. The van der Waals surface area contributed by atoms with Gasteiger partial charge in [0.15, 0.2) is 0 Å². The van der Waals surface area contributed by atoms with Gasteiger partial charge < -0.3 is 5.73 Å². The van der Waals surface area contributed by atoms with Crippen molar-refractivity contribution in [3.8, 4) is 0 Å². The van der Waals surface area contributed by atoms with Gasteiger partial charge in [-0.15, -0.1) is 0 Å². The van der Waals surface area contributed by atoms with E-state index in [1.54, 1.807) is 17.8 Å². The molecule has 0 atom stereocenters. The molecule has 0 unspecified atom stereocenters. The predicted molar refractivity (Wildman–Crippen MR) is 57.2 cm³/mol. The lowest BCUT2D eigenvalue weighted by Crippen LogP contribution is -1.93. The molecule has 0 aliphatic carbocycles. The predicted octanol–water partition coefficient (Wildman–Crippen LogP) is 3.05. The van der Waals surface area contributed by atoms with Crippen LogP contribution in [-0.2, 0) is 5.75 Å². The molecule has 0 spiro atoms. The summed E-state index contributed by atoms with van der Waals surface area (Å²) in [6.07, 6.45) is 0. The number of nitrogens with two attached hydrogens (primary N) is 1. The van der Waals surface area contributed by atoms with Crippen LogP contribution >= 0.6 is 11.8 Å². The number of hydrogen-bond donors (Lipinski definition) is 1. The fourth-order valence-corrected chi connectivity index (χ4v) is 1.63. The molecule has 1 nitrogen and oxygen atoms in total. The van der Waals surface area contributed by atoms with E-state index in [1.807, 2.05) is 6.07 Å². The molecule has 0 saturated heterocycles. The van der Waals surface area contributed by atoms with Gasteiger partial charge >= 0.3 is 0 Å². The molecule has 2 N–H and O–H groups in total. The molecule has 0 bridgehead atoms. The van der Waals surface area contributed by atoms with Gasteiger partial charge in [-0.05, 0) is 22.9 Å². The first-order valence-corrected chi connectivity index (χ1v) is 5.30. The number of benzene rings is 1. The highest BCUT2D eigenvalue weighted by atomic mass is 32.2. The van der Waals surface area contributed by atoms with Crippen LogP contribution in [0.5, 0.6) is 0 Å². The van der Waals surface area contributed by atoms with Gasteiger partial charge in [-0.25, -0.2) is 4.39 Å². The monoisotopic (exact) mass is 199 g/mol. The summed E-state index contributed by atoms with van der Waals surface area (Å²) in [4.78, 5) is 0. The zero-order valence-electron chi connectivity index (χ0n) is 7.88. The molecule has 0 heterocycles. The van der Waals surface area contributed by atoms with Crippen molar-refractivity contribution in [3.05, 3.63) is 29.6 Å². The molecule has 0 aliphatic heterocycles. The van der Waals surface area contributed by atoms with Crippen molar-refractivity contribution < 1.29 is 4.39 Å². The van der Waals surface area contributed by atoms with Crippen molar-refractivity contribution >= 4 is 17.4 Å². The van der Waals surface area contributed by atoms with Gasteiger partial charge in [0.05, 0.1) is 5.69 Å². The number of rotatable bonds is 3. The highest BCUT2D eigenvalue weighted by Crippen LogP contribution is 2.19. The van der Waals surface area contributed by atoms with Crippen molar-refractivity contribution in [2.75, 3.05) is 5.73 Å². The average molecular weight is 199 g/mol. The summed E-state index contributed by atoms with van der Waals surface area (Å²) in [7, 11) is 0. The molecule has 13 heavy (non-hydrogen) atoms. The molecular weight excluding hydrogens is 185 g/mol. The lowest BCUT2D eigenvalue weighted by atomic mass is 10.2. The van der Waals surface area contributed by atoms with E-state index in [2.05, 4.69) is 13.8 Å². The summed E-state index contributed by atoms with van der Waals surface area (Å²) in [5, 5.41) is 0.570. The van der Waals surface area contributed by atoms with E-state index in [0.29, 0.717) is 5.25 Å². The lowest BCUT2D eigenvalue weighted by molar-refractivity contribution is 0.631. The Morgan fingerprint density at radius 3 is 2.69 bits per heavy atom. The van der Waals surface area contributed by atoms with Crippen LogP contribution in [0, 0.1) is 5.82 Å². The van der Waals surface area contributed by atoms with Crippen molar-refractivity contribution in [2.45, 2.75) is 24.9 Å². The Balaban J connectivity index is 2.63. The van der Waals surface area contributed by atoms with Crippen LogP contribution in [0.3, 0.4) is 0 Å². The number of halogens is 1. The third-order valence-corrected chi connectivity index (χ3v) is 2.81. The Hall–Kier alpha value is -0.700. The molecule has 0 radical (unpaired) electrons. The normalized spacial score (nSPS) is 10.8. The molecule has 0 fully saturated rings. The largest absolute Gasteiger partial charge is 0.396 e. The molecule has 3 heteroatoms. The Morgan fingerprint density at radius 2 is 2.15 bits per heavy atom. The molecule has 1 rings (SSSR count). The lowest BCUT2D eigenvalue weighted by Gasteiger charge is -2.05. The van der Waals surface area contributed by atoms with E-state index in [-0.39, 0.29) is 11.5 Å². The minimum Gasteiger partial charge on any atom is -0.396 e. The fraction of sp³-hybridized carbons (Fsp3) is 0.400. The van der Waals surface area contributed by atoms with E-state index in [1.165, 1.54) is 6.07 Å². The zero-order valence-corrected chi connectivity index (χ0v) is 8.70. The summed E-state index contributed by atoms with van der Waals surface area (Å²) in [5.41, 5.74) is 6.57. The molecule has 0 amide bonds. The van der Waals surface area contributed by atoms with Gasteiger partial charge in [0.25, 0.3) is 0 Å². The molecule has 0 aromatic heterocycles. The van der Waals surface area contributed by atoms with E-state index in [4.69, 9.17) is 5.73 Å². The van der Waals surface area contributed by atoms with Crippen LogP contribution in [0.25, 0.3) is 0 Å². The van der Waals surface area contributed by atoms with Crippen molar-refractivity contribution in [1.82, 2.24) is 0 Å². The zero-order chi connectivity index (χ0) is 9.84. The maximum absolute atomic E-state index is 13.0. The SMILES string of the molecule is CC(C)SCc1ccc(N)c(F)c1. The second-order valence-electron chi connectivity index (χ2n) is 3.22. The van der Waals surface area contributed by atoms with Gasteiger partial charge in [0.2, 0.25) is 0 Å². The van der Waals surface area contributed by atoms with E-state index in [9.17, 15) is 4.39 Å². The highest BCUT2D eigenvalue weighted by Gasteiger charge is 2.01. The molecule has 1 aromatic carbocycles. The van der Waals surface area contributed by atoms with Gasteiger partial charge in [-0.2, -0.15) is 11.8 Å². The molecule has 1 aromatic rings.